The lowest BCUT2D eigenvalue weighted by Gasteiger charge is -2.07. The largest absolute Gasteiger partial charge is 0.207 e. The molecule has 0 radical (unpaired) electrons. The van der Waals surface area contributed by atoms with Crippen molar-refractivity contribution in [3.8, 4) is 0 Å². The summed E-state index contributed by atoms with van der Waals surface area (Å²) in [5.41, 5.74) is 4.24. The van der Waals surface area contributed by atoms with Crippen LogP contribution in [0, 0.1) is 5.82 Å². The third kappa shape index (κ3) is 3.85. The Morgan fingerprint density at radius 2 is 1.75 bits per heavy atom. The zero-order chi connectivity index (χ0) is 12.1. The van der Waals surface area contributed by atoms with Gasteiger partial charge < -0.3 is 0 Å². The summed E-state index contributed by atoms with van der Waals surface area (Å²) in [6.45, 7) is 11.7. The molecule has 0 fully saturated rings. The SMILES string of the molecule is C=C(C)/C=C(/Cc1ccc(F)cc1)C(=C)C. The minimum atomic E-state index is -0.204. The van der Waals surface area contributed by atoms with Crippen molar-refractivity contribution in [1.29, 1.82) is 0 Å². The predicted molar refractivity (Wildman–Crippen MR) is 67.8 cm³/mol. The van der Waals surface area contributed by atoms with Crippen LogP contribution in [-0.4, -0.2) is 0 Å². The van der Waals surface area contributed by atoms with Gasteiger partial charge in [-0.1, -0.05) is 42.5 Å². The quantitative estimate of drug-likeness (QED) is 0.652. The van der Waals surface area contributed by atoms with Gasteiger partial charge in [-0.2, -0.15) is 0 Å². The van der Waals surface area contributed by atoms with E-state index in [2.05, 4.69) is 13.2 Å². The van der Waals surface area contributed by atoms with Gasteiger partial charge in [0.25, 0.3) is 0 Å². The van der Waals surface area contributed by atoms with E-state index in [0.717, 1.165) is 28.7 Å². The van der Waals surface area contributed by atoms with Crippen LogP contribution in [0.1, 0.15) is 19.4 Å². The summed E-state index contributed by atoms with van der Waals surface area (Å²) < 4.78 is 12.7. The number of rotatable bonds is 4. The van der Waals surface area contributed by atoms with Crippen LogP contribution in [-0.2, 0) is 6.42 Å². The van der Waals surface area contributed by atoms with Gasteiger partial charge in [0.1, 0.15) is 5.82 Å². The molecule has 0 amide bonds. The highest BCUT2D eigenvalue weighted by atomic mass is 19.1. The van der Waals surface area contributed by atoms with Crippen molar-refractivity contribution in [3.05, 3.63) is 71.6 Å². The minimum absolute atomic E-state index is 0.204. The van der Waals surface area contributed by atoms with Crippen LogP contribution in [0.4, 0.5) is 4.39 Å². The van der Waals surface area contributed by atoms with Gasteiger partial charge in [0.05, 0.1) is 0 Å². The summed E-state index contributed by atoms with van der Waals surface area (Å²) in [5, 5.41) is 0. The Balaban J connectivity index is 2.88. The summed E-state index contributed by atoms with van der Waals surface area (Å²) in [6, 6.07) is 6.55. The molecule has 16 heavy (non-hydrogen) atoms. The molecule has 0 N–H and O–H groups in total. The van der Waals surface area contributed by atoms with Crippen molar-refractivity contribution < 1.29 is 4.39 Å². The lowest BCUT2D eigenvalue weighted by Crippen LogP contribution is -1.92. The maximum absolute atomic E-state index is 12.7. The maximum Gasteiger partial charge on any atom is 0.123 e. The Morgan fingerprint density at radius 3 is 2.19 bits per heavy atom. The van der Waals surface area contributed by atoms with E-state index in [1.807, 2.05) is 19.9 Å². The van der Waals surface area contributed by atoms with Crippen LogP contribution in [0.2, 0.25) is 0 Å². The first kappa shape index (κ1) is 12.4. The highest BCUT2D eigenvalue weighted by molar-refractivity contribution is 5.37. The van der Waals surface area contributed by atoms with E-state index in [0.29, 0.717) is 0 Å². The molecule has 0 heterocycles. The monoisotopic (exact) mass is 216 g/mol. The molecule has 1 aromatic carbocycles. The van der Waals surface area contributed by atoms with Gasteiger partial charge >= 0.3 is 0 Å². The number of halogens is 1. The van der Waals surface area contributed by atoms with Crippen LogP contribution < -0.4 is 0 Å². The van der Waals surface area contributed by atoms with E-state index >= 15 is 0 Å². The van der Waals surface area contributed by atoms with E-state index in [1.165, 1.54) is 12.1 Å². The topological polar surface area (TPSA) is 0 Å². The fourth-order valence-electron chi connectivity index (χ4n) is 1.44. The van der Waals surface area contributed by atoms with E-state index in [9.17, 15) is 4.39 Å². The number of hydrogen-bond donors (Lipinski definition) is 0. The van der Waals surface area contributed by atoms with Gasteiger partial charge in [-0.15, -0.1) is 0 Å². The van der Waals surface area contributed by atoms with Crippen molar-refractivity contribution in [3.63, 3.8) is 0 Å². The first-order chi connectivity index (χ1) is 7.49. The molecule has 1 rings (SSSR count). The average Bonchev–Trinajstić information content (AvgIpc) is 2.19. The summed E-state index contributed by atoms with van der Waals surface area (Å²) in [5.74, 6) is -0.204. The van der Waals surface area contributed by atoms with Crippen molar-refractivity contribution in [1.82, 2.24) is 0 Å². The van der Waals surface area contributed by atoms with E-state index < -0.39 is 0 Å². The Bertz CT molecular complexity index is 421. The highest BCUT2D eigenvalue weighted by Gasteiger charge is 2.01. The highest BCUT2D eigenvalue weighted by Crippen LogP contribution is 2.16. The molecule has 0 bridgehead atoms. The fourth-order valence-corrected chi connectivity index (χ4v) is 1.44. The zero-order valence-corrected chi connectivity index (χ0v) is 9.89. The molecule has 0 saturated heterocycles. The fraction of sp³-hybridized carbons (Fsp3) is 0.200. The smallest absolute Gasteiger partial charge is 0.123 e. The minimum Gasteiger partial charge on any atom is -0.207 e. The summed E-state index contributed by atoms with van der Waals surface area (Å²) in [7, 11) is 0. The van der Waals surface area contributed by atoms with Crippen LogP contribution in [0.15, 0.2) is 60.2 Å². The summed E-state index contributed by atoms with van der Waals surface area (Å²) >= 11 is 0. The molecular formula is C15H17F. The Labute approximate surface area is 96.8 Å². The first-order valence-electron chi connectivity index (χ1n) is 5.25. The normalized spacial score (nSPS) is 11.3. The predicted octanol–water partition coefficient (Wildman–Crippen LogP) is 4.45. The molecule has 0 saturated carbocycles. The maximum atomic E-state index is 12.7. The van der Waals surface area contributed by atoms with Crippen LogP contribution in [0.3, 0.4) is 0 Å². The lowest BCUT2D eigenvalue weighted by molar-refractivity contribution is 0.627. The first-order valence-corrected chi connectivity index (χ1v) is 5.25. The average molecular weight is 216 g/mol. The standard InChI is InChI=1S/C15H17F/c1-11(2)9-14(12(3)4)10-13-5-7-15(16)8-6-13/h5-9H,1,3,10H2,2,4H3/b14-9-. The zero-order valence-electron chi connectivity index (χ0n) is 9.89. The molecule has 0 aromatic heterocycles. The second-order valence-electron chi connectivity index (χ2n) is 4.10. The van der Waals surface area contributed by atoms with Gasteiger partial charge in [-0.05, 0) is 43.5 Å². The van der Waals surface area contributed by atoms with Crippen molar-refractivity contribution >= 4 is 0 Å². The number of allylic oxidation sites excluding steroid dienone is 4. The van der Waals surface area contributed by atoms with Crippen molar-refractivity contribution in [2.45, 2.75) is 20.3 Å². The molecule has 84 valence electrons. The van der Waals surface area contributed by atoms with E-state index in [1.54, 1.807) is 12.1 Å². The van der Waals surface area contributed by atoms with Gasteiger partial charge in [0.15, 0.2) is 0 Å². The van der Waals surface area contributed by atoms with Gasteiger partial charge in [-0.25, -0.2) is 4.39 Å². The van der Waals surface area contributed by atoms with Crippen LogP contribution in [0.25, 0.3) is 0 Å². The second kappa shape index (κ2) is 5.45. The van der Waals surface area contributed by atoms with Crippen molar-refractivity contribution in [2.75, 3.05) is 0 Å². The molecule has 0 aliphatic rings. The molecule has 0 unspecified atom stereocenters. The Morgan fingerprint density at radius 1 is 1.19 bits per heavy atom. The Kier molecular flexibility index (Phi) is 4.24. The molecule has 0 aliphatic heterocycles. The third-order valence-corrected chi connectivity index (χ3v) is 2.28. The molecule has 0 spiro atoms. The molecule has 0 aliphatic carbocycles. The lowest BCUT2D eigenvalue weighted by atomic mass is 9.98. The van der Waals surface area contributed by atoms with E-state index in [4.69, 9.17) is 0 Å². The molecule has 0 atom stereocenters. The summed E-state index contributed by atoms with van der Waals surface area (Å²) in [6.07, 6.45) is 2.79. The van der Waals surface area contributed by atoms with E-state index in [-0.39, 0.29) is 5.82 Å². The third-order valence-electron chi connectivity index (χ3n) is 2.28. The van der Waals surface area contributed by atoms with Crippen molar-refractivity contribution in [2.24, 2.45) is 0 Å². The molecule has 1 aromatic rings. The molecule has 1 heteroatoms. The molecule has 0 nitrogen and oxygen atoms in total. The van der Waals surface area contributed by atoms with Gasteiger partial charge in [0, 0.05) is 0 Å². The van der Waals surface area contributed by atoms with Gasteiger partial charge in [0.2, 0.25) is 0 Å². The number of benzene rings is 1. The van der Waals surface area contributed by atoms with Crippen LogP contribution >= 0.6 is 0 Å². The van der Waals surface area contributed by atoms with Crippen LogP contribution in [0.5, 0.6) is 0 Å². The second-order valence-corrected chi connectivity index (χ2v) is 4.10. The van der Waals surface area contributed by atoms with Gasteiger partial charge in [-0.3, -0.25) is 0 Å². The Hall–Kier alpha value is -1.63. The number of hydrogen-bond acceptors (Lipinski definition) is 0. The molecular weight excluding hydrogens is 199 g/mol. The summed E-state index contributed by atoms with van der Waals surface area (Å²) in [4.78, 5) is 0.